The van der Waals surface area contributed by atoms with E-state index in [4.69, 9.17) is 15.4 Å². The summed E-state index contributed by atoms with van der Waals surface area (Å²) in [6, 6.07) is 11.8. The Kier molecular flexibility index (Phi) is 7.25. The van der Waals surface area contributed by atoms with Crippen molar-refractivity contribution in [2.45, 2.75) is 6.54 Å². The summed E-state index contributed by atoms with van der Waals surface area (Å²) in [5.41, 5.74) is 7.40. The second-order valence-electron chi connectivity index (χ2n) is 4.34. The number of aliphatic hydroxyl groups excluding tert-OH is 1. The summed E-state index contributed by atoms with van der Waals surface area (Å²) in [5.74, 6) is 0.757. The number of aromatic nitrogens is 1. The van der Waals surface area contributed by atoms with Crippen LogP contribution < -0.4 is 5.73 Å². The summed E-state index contributed by atoms with van der Waals surface area (Å²) in [7, 11) is 0. The molecule has 0 aliphatic rings. The van der Waals surface area contributed by atoms with E-state index in [1.807, 2.05) is 41.3 Å². The maximum atomic E-state index is 9.00. The van der Waals surface area contributed by atoms with Crippen LogP contribution >= 0.6 is 12.4 Å². The number of nitrogens with zero attached hydrogens (tertiary/aromatic N) is 2. The molecule has 0 saturated carbocycles. The van der Waals surface area contributed by atoms with E-state index >= 15 is 0 Å². The van der Waals surface area contributed by atoms with Crippen molar-refractivity contribution in [3.05, 3.63) is 42.1 Å². The molecule has 110 valence electrons. The van der Waals surface area contributed by atoms with Gasteiger partial charge < -0.3 is 15.4 Å². The van der Waals surface area contributed by atoms with Crippen LogP contribution in [0.1, 0.15) is 5.69 Å². The van der Waals surface area contributed by atoms with Crippen molar-refractivity contribution in [1.82, 2.24) is 10.1 Å². The van der Waals surface area contributed by atoms with E-state index in [9.17, 15) is 0 Å². The average molecular weight is 298 g/mol. The minimum absolute atomic E-state index is 0. The van der Waals surface area contributed by atoms with Gasteiger partial charge in [0.05, 0.1) is 12.3 Å². The monoisotopic (exact) mass is 297 g/mol. The summed E-state index contributed by atoms with van der Waals surface area (Å²) in [6.45, 7) is 2.62. The topological polar surface area (TPSA) is 75.5 Å². The van der Waals surface area contributed by atoms with Gasteiger partial charge >= 0.3 is 0 Å². The highest BCUT2D eigenvalue weighted by molar-refractivity contribution is 5.85. The maximum absolute atomic E-state index is 9.00. The molecule has 0 bridgehead atoms. The van der Waals surface area contributed by atoms with Gasteiger partial charge in [0.2, 0.25) is 0 Å². The lowest BCUT2D eigenvalue weighted by Gasteiger charge is -2.18. The summed E-state index contributed by atoms with van der Waals surface area (Å²) >= 11 is 0. The molecular formula is C14H20ClN3O2. The van der Waals surface area contributed by atoms with E-state index in [1.165, 1.54) is 0 Å². The molecule has 0 atom stereocenters. The van der Waals surface area contributed by atoms with Crippen molar-refractivity contribution in [1.29, 1.82) is 0 Å². The molecule has 1 aromatic carbocycles. The minimum atomic E-state index is 0. The van der Waals surface area contributed by atoms with Crippen molar-refractivity contribution in [3.8, 4) is 11.3 Å². The summed E-state index contributed by atoms with van der Waals surface area (Å²) in [6.07, 6.45) is 0. The molecule has 2 aromatic rings. The highest BCUT2D eigenvalue weighted by atomic mass is 35.5. The third-order valence-corrected chi connectivity index (χ3v) is 2.86. The van der Waals surface area contributed by atoms with Crippen LogP contribution in [0, 0.1) is 0 Å². The molecule has 6 heteroatoms. The minimum Gasteiger partial charge on any atom is -0.395 e. The van der Waals surface area contributed by atoms with Gasteiger partial charge in [0.25, 0.3) is 0 Å². The standard InChI is InChI=1S/C14H19N3O2.ClH/c15-6-7-17(8-9-18)11-13-10-14(19-16-13)12-4-2-1-3-5-12;/h1-5,10,18H,6-9,11,15H2;1H. The first-order valence-corrected chi connectivity index (χ1v) is 6.38. The molecule has 3 N–H and O–H groups in total. The zero-order chi connectivity index (χ0) is 13.5. The lowest BCUT2D eigenvalue weighted by atomic mass is 10.1. The van der Waals surface area contributed by atoms with Crippen molar-refractivity contribution in [2.24, 2.45) is 5.73 Å². The Bertz CT molecular complexity index is 484. The average Bonchev–Trinajstić information content (AvgIpc) is 2.89. The Morgan fingerprint density at radius 3 is 2.60 bits per heavy atom. The molecule has 0 unspecified atom stereocenters. The van der Waals surface area contributed by atoms with Crippen LogP contribution in [0.4, 0.5) is 0 Å². The molecular weight excluding hydrogens is 278 g/mol. The number of aliphatic hydroxyl groups is 1. The van der Waals surface area contributed by atoms with Crippen LogP contribution in [0.25, 0.3) is 11.3 Å². The third-order valence-electron chi connectivity index (χ3n) is 2.86. The van der Waals surface area contributed by atoms with Gasteiger partial charge in [0.15, 0.2) is 5.76 Å². The van der Waals surface area contributed by atoms with E-state index in [1.54, 1.807) is 0 Å². The molecule has 0 spiro atoms. The Balaban J connectivity index is 0.00000200. The molecule has 0 fully saturated rings. The van der Waals surface area contributed by atoms with Gasteiger partial charge in [-0.25, -0.2) is 0 Å². The van der Waals surface area contributed by atoms with E-state index < -0.39 is 0 Å². The summed E-state index contributed by atoms with van der Waals surface area (Å²) in [5, 5.41) is 13.1. The summed E-state index contributed by atoms with van der Waals surface area (Å²) < 4.78 is 5.34. The van der Waals surface area contributed by atoms with Gasteiger partial charge in [0.1, 0.15) is 0 Å². The largest absolute Gasteiger partial charge is 0.395 e. The first kappa shape index (κ1) is 16.7. The summed E-state index contributed by atoms with van der Waals surface area (Å²) in [4.78, 5) is 2.05. The van der Waals surface area contributed by atoms with Gasteiger partial charge in [-0.05, 0) is 0 Å². The van der Waals surface area contributed by atoms with Crippen LogP contribution in [0.15, 0.2) is 40.9 Å². The fourth-order valence-corrected chi connectivity index (χ4v) is 1.95. The SMILES string of the molecule is Cl.NCCN(CCO)Cc1cc(-c2ccccc2)on1. The molecule has 0 amide bonds. The lowest BCUT2D eigenvalue weighted by molar-refractivity contribution is 0.190. The highest BCUT2D eigenvalue weighted by Gasteiger charge is 2.10. The van der Waals surface area contributed by atoms with E-state index in [2.05, 4.69) is 5.16 Å². The molecule has 0 aliphatic carbocycles. The van der Waals surface area contributed by atoms with Crippen molar-refractivity contribution in [2.75, 3.05) is 26.2 Å². The highest BCUT2D eigenvalue weighted by Crippen LogP contribution is 2.20. The fourth-order valence-electron chi connectivity index (χ4n) is 1.95. The predicted molar refractivity (Wildman–Crippen MR) is 80.6 cm³/mol. The van der Waals surface area contributed by atoms with Crippen molar-refractivity contribution in [3.63, 3.8) is 0 Å². The van der Waals surface area contributed by atoms with Crippen LogP contribution in [-0.2, 0) is 6.54 Å². The molecule has 1 heterocycles. The molecule has 20 heavy (non-hydrogen) atoms. The molecule has 0 radical (unpaired) electrons. The van der Waals surface area contributed by atoms with E-state index in [-0.39, 0.29) is 19.0 Å². The number of rotatable bonds is 7. The van der Waals surface area contributed by atoms with Crippen LogP contribution in [-0.4, -0.2) is 41.4 Å². The number of hydrogen-bond donors (Lipinski definition) is 2. The van der Waals surface area contributed by atoms with Crippen LogP contribution in [0.3, 0.4) is 0 Å². The number of hydrogen-bond acceptors (Lipinski definition) is 5. The zero-order valence-corrected chi connectivity index (χ0v) is 12.1. The van der Waals surface area contributed by atoms with Gasteiger partial charge in [-0.2, -0.15) is 0 Å². The zero-order valence-electron chi connectivity index (χ0n) is 11.2. The predicted octanol–water partition coefficient (Wildman–Crippen LogP) is 1.52. The second-order valence-corrected chi connectivity index (χ2v) is 4.34. The van der Waals surface area contributed by atoms with Crippen LogP contribution in [0.5, 0.6) is 0 Å². The lowest BCUT2D eigenvalue weighted by Crippen LogP contribution is -2.31. The van der Waals surface area contributed by atoms with E-state index in [0.29, 0.717) is 19.6 Å². The Morgan fingerprint density at radius 1 is 1.20 bits per heavy atom. The van der Waals surface area contributed by atoms with E-state index in [0.717, 1.165) is 23.6 Å². The number of halogens is 1. The Morgan fingerprint density at radius 2 is 1.95 bits per heavy atom. The third kappa shape index (κ3) is 4.61. The van der Waals surface area contributed by atoms with Gasteiger partial charge in [0, 0.05) is 37.8 Å². The smallest absolute Gasteiger partial charge is 0.167 e. The first-order chi connectivity index (χ1) is 9.33. The second kappa shape index (κ2) is 8.71. The fraction of sp³-hybridized carbons (Fsp3) is 0.357. The Hall–Kier alpha value is -1.40. The first-order valence-electron chi connectivity index (χ1n) is 6.38. The molecule has 0 saturated heterocycles. The molecule has 5 nitrogen and oxygen atoms in total. The maximum Gasteiger partial charge on any atom is 0.167 e. The van der Waals surface area contributed by atoms with Crippen molar-refractivity contribution >= 4 is 12.4 Å². The quantitative estimate of drug-likeness (QED) is 0.810. The number of nitrogens with two attached hydrogens (primary N) is 1. The normalized spacial score (nSPS) is 10.6. The van der Waals surface area contributed by atoms with Crippen LogP contribution in [0.2, 0.25) is 0 Å². The van der Waals surface area contributed by atoms with Gasteiger partial charge in [-0.3, -0.25) is 4.90 Å². The molecule has 0 aliphatic heterocycles. The van der Waals surface area contributed by atoms with Gasteiger partial charge in [-0.1, -0.05) is 35.5 Å². The molecule has 1 aromatic heterocycles. The molecule has 2 rings (SSSR count). The van der Waals surface area contributed by atoms with Crippen molar-refractivity contribution < 1.29 is 9.63 Å². The van der Waals surface area contributed by atoms with Gasteiger partial charge in [-0.15, -0.1) is 12.4 Å². The Labute approximate surface area is 124 Å². The number of benzene rings is 1.